The first-order valence-electron chi connectivity index (χ1n) is 11.6. The number of Topliss-reactive ketones (excluding diaryl/α,β-unsaturated/α-hetero) is 1. The van der Waals surface area contributed by atoms with Gasteiger partial charge in [-0.1, -0.05) is 26.0 Å². The molecule has 1 atom stereocenters. The van der Waals surface area contributed by atoms with Crippen molar-refractivity contribution < 1.29 is 33.6 Å². The lowest BCUT2D eigenvalue weighted by atomic mass is 9.94. The molecule has 9 nitrogen and oxygen atoms in total. The van der Waals surface area contributed by atoms with Crippen LogP contribution in [0.15, 0.2) is 42.0 Å². The number of ketones is 1. The van der Waals surface area contributed by atoms with Gasteiger partial charge in [-0.15, -0.1) is 0 Å². The zero-order valence-corrected chi connectivity index (χ0v) is 20.4. The molecule has 0 radical (unpaired) electrons. The van der Waals surface area contributed by atoms with Crippen molar-refractivity contribution in [2.75, 3.05) is 47.2 Å². The van der Waals surface area contributed by atoms with Crippen molar-refractivity contribution in [3.05, 3.63) is 53.1 Å². The van der Waals surface area contributed by atoms with Gasteiger partial charge in [-0.05, 0) is 37.4 Å². The van der Waals surface area contributed by atoms with Crippen LogP contribution in [0.2, 0.25) is 0 Å². The van der Waals surface area contributed by atoms with Crippen molar-refractivity contribution >= 4 is 17.4 Å². The Morgan fingerprint density at radius 2 is 1.83 bits per heavy atom. The van der Waals surface area contributed by atoms with Crippen molar-refractivity contribution in [3.8, 4) is 23.0 Å². The molecule has 0 spiro atoms. The number of likely N-dealkylation sites (tertiary alicyclic amines) is 1. The lowest BCUT2D eigenvalue weighted by molar-refractivity contribution is -0.140. The Hall–Kier alpha value is -3.72. The molecule has 2 aromatic rings. The van der Waals surface area contributed by atoms with Gasteiger partial charge in [-0.25, -0.2) is 0 Å². The normalized spacial score (nSPS) is 18.4. The zero-order valence-electron chi connectivity index (χ0n) is 20.4. The number of hydrogen-bond donors (Lipinski definition) is 1. The maximum Gasteiger partial charge on any atom is 0.295 e. The summed E-state index contributed by atoms with van der Waals surface area (Å²) in [6.07, 6.45) is 0. The molecular formula is C26H30N2O7. The third-order valence-corrected chi connectivity index (χ3v) is 6.47. The molecule has 1 fully saturated rings. The standard InChI is InChI=1S/C26H30N2O7/c1-5-27(6-2)12-13-28-22(17-8-7-9-19(32-3)25(17)33-4)21(24(30)26(28)31)23(29)16-10-11-18-20(14-16)35-15-34-18/h7-11,14,22,29H,5-6,12-13,15H2,1-4H3. The van der Waals surface area contributed by atoms with Crippen LogP contribution in [0.3, 0.4) is 0 Å². The van der Waals surface area contributed by atoms with Gasteiger partial charge in [0.05, 0.1) is 25.8 Å². The lowest BCUT2D eigenvalue weighted by Crippen LogP contribution is -2.38. The molecule has 2 aliphatic heterocycles. The predicted octanol–water partition coefficient (Wildman–Crippen LogP) is 3.20. The molecule has 186 valence electrons. The molecule has 0 saturated carbocycles. The molecule has 2 heterocycles. The number of likely N-dealkylation sites (N-methyl/N-ethyl adjacent to an activating group) is 1. The number of benzene rings is 2. The van der Waals surface area contributed by atoms with Gasteiger partial charge in [0.2, 0.25) is 6.79 Å². The van der Waals surface area contributed by atoms with E-state index < -0.39 is 17.7 Å². The van der Waals surface area contributed by atoms with Crippen LogP contribution in [0.1, 0.15) is 31.0 Å². The van der Waals surface area contributed by atoms with E-state index in [1.165, 1.54) is 19.1 Å². The maximum atomic E-state index is 13.3. The number of methoxy groups -OCH3 is 2. The quantitative estimate of drug-likeness (QED) is 0.331. The van der Waals surface area contributed by atoms with Crippen molar-refractivity contribution in [2.24, 2.45) is 0 Å². The fourth-order valence-corrected chi connectivity index (χ4v) is 4.55. The smallest absolute Gasteiger partial charge is 0.295 e. The van der Waals surface area contributed by atoms with Crippen LogP contribution in [0, 0.1) is 0 Å². The summed E-state index contributed by atoms with van der Waals surface area (Å²) in [5.74, 6) is 0.145. The molecule has 1 unspecified atom stereocenters. The van der Waals surface area contributed by atoms with E-state index in [-0.39, 0.29) is 18.1 Å². The van der Waals surface area contributed by atoms with Crippen molar-refractivity contribution in [3.63, 3.8) is 0 Å². The molecule has 0 bridgehead atoms. The number of fused-ring (bicyclic) bond motifs is 1. The van der Waals surface area contributed by atoms with Crippen molar-refractivity contribution in [1.29, 1.82) is 0 Å². The minimum Gasteiger partial charge on any atom is -0.507 e. The summed E-state index contributed by atoms with van der Waals surface area (Å²) in [6.45, 7) is 6.66. The average Bonchev–Trinajstić information content (AvgIpc) is 3.45. The number of hydrogen-bond acceptors (Lipinski definition) is 8. The van der Waals surface area contributed by atoms with E-state index >= 15 is 0 Å². The molecule has 35 heavy (non-hydrogen) atoms. The summed E-state index contributed by atoms with van der Waals surface area (Å²) >= 11 is 0. The monoisotopic (exact) mass is 482 g/mol. The highest BCUT2D eigenvalue weighted by molar-refractivity contribution is 6.46. The summed E-state index contributed by atoms with van der Waals surface area (Å²) in [7, 11) is 3.02. The second-order valence-electron chi connectivity index (χ2n) is 8.17. The molecule has 9 heteroatoms. The van der Waals surface area contributed by atoms with E-state index in [1.54, 1.807) is 36.4 Å². The number of carbonyl (C=O) groups excluding carboxylic acids is 2. The largest absolute Gasteiger partial charge is 0.507 e. The Morgan fingerprint density at radius 1 is 1.09 bits per heavy atom. The number of aliphatic hydroxyl groups excluding tert-OH is 1. The summed E-state index contributed by atoms with van der Waals surface area (Å²) in [5, 5.41) is 11.4. The Labute approximate surface area is 204 Å². The molecule has 2 aromatic carbocycles. The first-order valence-corrected chi connectivity index (χ1v) is 11.6. The Balaban J connectivity index is 1.86. The van der Waals surface area contributed by atoms with E-state index in [2.05, 4.69) is 4.90 Å². The summed E-state index contributed by atoms with van der Waals surface area (Å²) in [6, 6.07) is 9.31. The first-order chi connectivity index (χ1) is 16.9. The van der Waals surface area contributed by atoms with Crippen molar-refractivity contribution in [2.45, 2.75) is 19.9 Å². The molecule has 0 aromatic heterocycles. The number of aliphatic hydroxyl groups is 1. The van der Waals surface area contributed by atoms with Crippen molar-refractivity contribution in [1.82, 2.24) is 9.80 Å². The zero-order chi connectivity index (χ0) is 25.1. The third-order valence-electron chi connectivity index (χ3n) is 6.47. The van der Waals surface area contributed by atoms with Crippen LogP contribution in [0.4, 0.5) is 0 Å². The van der Waals surface area contributed by atoms with Gasteiger partial charge < -0.3 is 33.9 Å². The van der Waals surface area contributed by atoms with Crippen LogP contribution in [0.25, 0.3) is 5.76 Å². The molecule has 1 N–H and O–H groups in total. The topological polar surface area (TPSA) is 97.8 Å². The van der Waals surface area contributed by atoms with Gasteiger partial charge in [0.15, 0.2) is 23.0 Å². The SMILES string of the molecule is CCN(CC)CCN1C(=O)C(=O)C(=C(O)c2ccc3c(c2)OCO3)C1c1cccc(OC)c1OC. The van der Waals surface area contributed by atoms with E-state index in [9.17, 15) is 14.7 Å². The van der Waals surface area contributed by atoms with Gasteiger partial charge in [-0.3, -0.25) is 9.59 Å². The third kappa shape index (κ3) is 4.39. The number of amides is 1. The number of rotatable bonds is 9. The second kappa shape index (κ2) is 10.3. The average molecular weight is 483 g/mol. The Bertz CT molecular complexity index is 1160. The molecule has 1 saturated heterocycles. The van der Waals surface area contributed by atoms with E-state index in [0.29, 0.717) is 47.2 Å². The summed E-state index contributed by atoms with van der Waals surface area (Å²) < 4.78 is 21.9. The maximum absolute atomic E-state index is 13.3. The number of para-hydroxylation sites is 1. The van der Waals surface area contributed by atoms with E-state index in [1.807, 2.05) is 13.8 Å². The fraction of sp³-hybridized carbons (Fsp3) is 0.385. The number of nitrogens with zero attached hydrogens (tertiary/aromatic N) is 2. The minimum atomic E-state index is -0.860. The highest BCUT2D eigenvalue weighted by Crippen LogP contribution is 2.46. The fourth-order valence-electron chi connectivity index (χ4n) is 4.55. The van der Waals surface area contributed by atoms with Crippen LogP contribution in [-0.4, -0.2) is 73.8 Å². The summed E-state index contributed by atoms with van der Waals surface area (Å²) in [4.78, 5) is 30.3. The van der Waals surface area contributed by atoms with Crippen LogP contribution < -0.4 is 18.9 Å². The molecule has 1 amide bonds. The van der Waals surface area contributed by atoms with E-state index in [4.69, 9.17) is 18.9 Å². The highest BCUT2D eigenvalue weighted by atomic mass is 16.7. The number of carbonyl (C=O) groups is 2. The van der Waals surface area contributed by atoms with Gasteiger partial charge in [0, 0.05) is 24.2 Å². The molecule has 4 rings (SSSR count). The van der Waals surface area contributed by atoms with Crippen LogP contribution in [-0.2, 0) is 9.59 Å². The second-order valence-corrected chi connectivity index (χ2v) is 8.17. The molecule has 0 aliphatic carbocycles. The van der Waals surface area contributed by atoms with Gasteiger partial charge in [-0.2, -0.15) is 0 Å². The highest BCUT2D eigenvalue weighted by Gasteiger charge is 2.47. The first kappa shape index (κ1) is 24.4. The lowest BCUT2D eigenvalue weighted by Gasteiger charge is -2.29. The van der Waals surface area contributed by atoms with Gasteiger partial charge in [0.1, 0.15) is 5.76 Å². The van der Waals surface area contributed by atoms with Gasteiger partial charge >= 0.3 is 0 Å². The summed E-state index contributed by atoms with van der Waals surface area (Å²) in [5.41, 5.74) is 0.885. The molecular weight excluding hydrogens is 452 g/mol. The van der Waals surface area contributed by atoms with Crippen LogP contribution >= 0.6 is 0 Å². The minimum absolute atomic E-state index is 0.0139. The predicted molar refractivity (Wildman–Crippen MR) is 129 cm³/mol. The number of ether oxygens (including phenoxy) is 4. The van der Waals surface area contributed by atoms with Gasteiger partial charge in [0.25, 0.3) is 11.7 Å². The Kier molecular flexibility index (Phi) is 7.16. The molecule has 2 aliphatic rings. The Morgan fingerprint density at radius 3 is 2.51 bits per heavy atom. The van der Waals surface area contributed by atoms with E-state index in [0.717, 1.165) is 13.1 Å². The van der Waals surface area contributed by atoms with Crippen LogP contribution in [0.5, 0.6) is 23.0 Å².